The van der Waals surface area contributed by atoms with E-state index in [-0.39, 0.29) is 23.7 Å². The summed E-state index contributed by atoms with van der Waals surface area (Å²) in [6.07, 6.45) is 3.30. The lowest BCUT2D eigenvalue weighted by atomic mass is 9.84. The Labute approximate surface area is 178 Å². The molecule has 0 unspecified atom stereocenters. The van der Waals surface area contributed by atoms with Crippen molar-refractivity contribution in [1.82, 2.24) is 0 Å². The Morgan fingerprint density at radius 3 is 2.34 bits per heavy atom. The maximum Gasteiger partial charge on any atom is 0.363 e. The van der Waals surface area contributed by atoms with Gasteiger partial charge in [0.15, 0.2) is 0 Å². The van der Waals surface area contributed by atoms with E-state index in [1.54, 1.807) is 13.0 Å². The normalized spacial score (nSPS) is 23.0. The lowest BCUT2D eigenvalue weighted by Gasteiger charge is -2.33. The molecule has 0 saturated carbocycles. The molecular weight excluding hydrogens is 406 g/mol. The van der Waals surface area contributed by atoms with Crippen LogP contribution in [0.2, 0.25) is 25.7 Å². The predicted molar refractivity (Wildman–Crippen MR) is 121 cm³/mol. The monoisotopic (exact) mass is 446 g/mol. The first kappa shape index (κ1) is 26.0. The molecule has 0 fully saturated rings. The van der Waals surface area contributed by atoms with Crippen LogP contribution in [0.5, 0.6) is 0 Å². The van der Waals surface area contributed by atoms with Gasteiger partial charge in [-0.25, -0.2) is 4.79 Å². The van der Waals surface area contributed by atoms with Crippen molar-refractivity contribution in [3.8, 4) is 0 Å². The highest BCUT2D eigenvalue weighted by molar-refractivity contribution is 7.85. The number of ether oxygens (including phenoxy) is 2. The topological polar surface area (TPSA) is 72.7 Å². The molecule has 0 radical (unpaired) electrons. The third-order valence-corrected chi connectivity index (χ3v) is 9.22. The van der Waals surface area contributed by atoms with Gasteiger partial charge in [-0.1, -0.05) is 40.4 Å². The number of hydrogen-bond acceptors (Lipinski definition) is 5. The summed E-state index contributed by atoms with van der Waals surface area (Å²) in [6, 6.07) is 0.241. The maximum absolute atomic E-state index is 13.0. The highest BCUT2D eigenvalue weighted by atomic mass is 32.2. The Balaban J connectivity index is 3.22. The average Bonchev–Trinajstić information content (AvgIpc) is 2.63. The lowest BCUT2D eigenvalue weighted by Crippen LogP contribution is -2.49. The van der Waals surface area contributed by atoms with Crippen molar-refractivity contribution in [2.75, 3.05) is 12.4 Å². The zero-order valence-corrected chi connectivity index (χ0v) is 21.0. The third kappa shape index (κ3) is 7.64. The molecule has 6 nitrogen and oxygen atoms in total. The van der Waals surface area contributed by atoms with Gasteiger partial charge in [0.25, 0.3) is 0 Å². The van der Waals surface area contributed by atoms with E-state index in [4.69, 9.17) is 9.47 Å². The molecule has 1 aliphatic rings. The zero-order chi connectivity index (χ0) is 22.4. The molecule has 0 aliphatic heterocycles. The number of esters is 1. The Bertz CT molecular complexity index is 707. The molecule has 29 heavy (non-hydrogen) atoms. The summed E-state index contributed by atoms with van der Waals surface area (Å²) < 4.78 is 38.7. The number of hydrogen-bond donors (Lipinski definition) is 0. The lowest BCUT2D eigenvalue weighted by molar-refractivity contribution is -0.437. The molecule has 3 atom stereocenters. The smallest absolute Gasteiger partial charge is 0.363 e. The van der Waals surface area contributed by atoms with Crippen molar-refractivity contribution >= 4 is 30.8 Å². The first-order chi connectivity index (χ1) is 13.4. The minimum absolute atomic E-state index is 0.00872. The first-order valence-electron chi connectivity index (χ1n) is 10.7. The summed E-state index contributed by atoms with van der Waals surface area (Å²) in [5.41, 5.74) is 0.555. The second kappa shape index (κ2) is 10.9. The van der Waals surface area contributed by atoms with Gasteiger partial charge in [-0.05, 0) is 38.3 Å². The Morgan fingerprint density at radius 2 is 1.86 bits per heavy atom. The van der Waals surface area contributed by atoms with Crippen LogP contribution >= 0.6 is 0 Å². The van der Waals surface area contributed by atoms with Crippen LogP contribution in [0.25, 0.3) is 0 Å². The summed E-state index contributed by atoms with van der Waals surface area (Å²) in [5.74, 6) is -0.368. The molecule has 0 N–H and O–H groups in total. The van der Waals surface area contributed by atoms with Crippen LogP contribution in [-0.2, 0) is 24.3 Å². The molecule has 1 rings (SSSR count). The van der Waals surface area contributed by atoms with Gasteiger partial charge in [0, 0.05) is 19.6 Å². The van der Waals surface area contributed by atoms with Crippen LogP contribution in [0.4, 0.5) is 0 Å². The molecule has 0 amide bonds. The quantitative estimate of drug-likeness (QED) is 0.209. The molecule has 8 heteroatoms. The molecule has 0 saturated heterocycles. The molecular formula is C21H40NO5SSi+. The minimum Gasteiger partial charge on any atom is -0.463 e. The van der Waals surface area contributed by atoms with E-state index in [0.717, 1.165) is 12.8 Å². The van der Waals surface area contributed by atoms with Crippen LogP contribution in [0, 0.1) is 5.92 Å². The van der Waals surface area contributed by atoms with Crippen LogP contribution in [0.3, 0.4) is 0 Å². The largest absolute Gasteiger partial charge is 0.463 e. The molecule has 0 bridgehead atoms. The predicted octanol–water partition coefficient (Wildman–Crippen LogP) is 3.84. The molecule has 1 aliphatic carbocycles. The van der Waals surface area contributed by atoms with Gasteiger partial charge in [0.2, 0.25) is 6.04 Å². The van der Waals surface area contributed by atoms with E-state index < -0.39 is 30.2 Å². The fraction of sp³-hybridized carbons (Fsp3) is 0.810. The van der Waals surface area contributed by atoms with Gasteiger partial charge in [-0.15, -0.1) is 3.98 Å². The van der Waals surface area contributed by atoms with Crippen molar-refractivity contribution < 1.29 is 26.7 Å². The Hall–Kier alpha value is -0.993. The number of sulfonamides is 1. The minimum atomic E-state index is -3.52. The van der Waals surface area contributed by atoms with Crippen LogP contribution < -0.4 is 0 Å². The fourth-order valence-corrected chi connectivity index (χ4v) is 7.95. The van der Waals surface area contributed by atoms with Gasteiger partial charge in [-0.2, -0.15) is 8.42 Å². The van der Waals surface area contributed by atoms with Crippen molar-refractivity contribution in [1.29, 1.82) is 0 Å². The summed E-state index contributed by atoms with van der Waals surface area (Å²) in [4.78, 5) is 12.3. The van der Waals surface area contributed by atoms with Crippen molar-refractivity contribution in [2.24, 2.45) is 5.92 Å². The van der Waals surface area contributed by atoms with E-state index in [1.807, 2.05) is 20.8 Å². The SMILES string of the molecule is C=[N+]([C@@H]1[C@@H](C)CC(C(=O)OCC)=C[C@H]1OC(CC)CC)S(=O)(=O)CC[Si](C)(C)C. The third-order valence-electron chi connectivity index (χ3n) is 5.42. The van der Waals surface area contributed by atoms with E-state index >= 15 is 0 Å². The van der Waals surface area contributed by atoms with Gasteiger partial charge < -0.3 is 9.47 Å². The highest BCUT2D eigenvalue weighted by Crippen LogP contribution is 2.31. The Kier molecular flexibility index (Phi) is 9.75. The molecule has 0 aromatic rings. The zero-order valence-electron chi connectivity index (χ0n) is 19.2. The van der Waals surface area contributed by atoms with Gasteiger partial charge >= 0.3 is 16.0 Å². The molecule has 0 aromatic carbocycles. The van der Waals surface area contributed by atoms with Crippen molar-refractivity contribution in [2.45, 2.75) is 90.9 Å². The standard InChI is InChI=1S/C21H40NO5SSi/c1-9-18(10-2)27-19-15-17(21(23)26-11-3)14-16(4)20(19)22(5)28(24,25)12-13-29(6,7)8/h15-16,18-20H,5,9-14H2,1-4,6-8H3/q+1/t16-,19+,20+/m0/s1. The summed E-state index contributed by atoms with van der Waals surface area (Å²) >= 11 is 0. The summed E-state index contributed by atoms with van der Waals surface area (Å²) in [5, 5.41) is 0. The fourth-order valence-electron chi connectivity index (χ4n) is 3.54. The van der Waals surface area contributed by atoms with Crippen LogP contribution in [0.15, 0.2) is 11.6 Å². The number of carbonyl (C=O) groups excluding carboxylic acids is 1. The molecule has 0 aromatic heterocycles. The van der Waals surface area contributed by atoms with E-state index in [1.165, 1.54) is 3.98 Å². The second-order valence-electron chi connectivity index (χ2n) is 9.14. The maximum atomic E-state index is 13.0. The summed E-state index contributed by atoms with van der Waals surface area (Å²) in [7, 11) is -5.03. The van der Waals surface area contributed by atoms with E-state index in [9.17, 15) is 13.2 Å². The molecule has 168 valence electrons. The number of carbonyl (C=O) groups is 1. The average molecular weight is 447 g/mol. The van der Waals surface area contributed by atoms with Gasteiger partial charge in [0.05, 0.1) is 12.7 Å². The van der Waals surface area contributed by atoms with E-state index in [0.29, 0.717) is 24.6 Å². The van der Waals surface area contributed by atoms with Crippen LogP contribution in [-0.4, -0.2) is 63.8 Å². The second-order valence-corrected chi connectivity index (χ2v) is 16.8. The van der Waals surface area contributed by atoms with Gasteiger partial charge in [-0.3, -0.25) is 0 Å². The Morgan fingerprint density at radius 1 is 1.28 bits per heavy atom. The highest BCUT2D eigenvalue weighted by Gasteiger charge is 2.45. The first-order valence-corrected chi connectivity index (χ1v) is 16.0. The number of rotatable bonds is 11. The summed E-state index contributed by atoms with van der Waals surface area (Å²) in [6.45, 7) is 18.5. The van der Waals surface area contributed by atoms with Crippen LogP contribution in [0.1, 0.15) is 47.0 Å². The van der Waals surface area contributed by atoms with Crippen molar-refractivity contribution in [3.63, 3.8) is 0 Å². The van der Waals surface area contributed by atoms with E-state index in [2.05, 4.69) is 26.4 Å². The number of nitrogens with zero attached hydrogens (tertiary/aromatic N) is 1. The molecule has 0 spiro atoms. The van der Waals surface area contributed by atoms with Gasteiger partial charge in [0.1, 0.15) is 18.6 Å². The molecule has 0 heterocycles. The van der Waals surface area contributed by atoms with Crippen molar-refractivity contribution in [3.05, 3.63) is 11.6 Å².